The first kappa shape index (κ1) is 29.2. The van der Waals surface area contributed by atoms with E-state index in [1.165, 1.54) is 4.90 Å². The summed E-state index contributed by atoms with van der Waals surface area (Å²) in [5, 5.41) is 8.65. The topological polar surface area (TPSA) is 153 Å². The van der Waals surface area contributed by atoms with Crippen LogP contribution < -0.4 is 39.3 Å². The fourth-order valence-electron chi connectivity index (χ4n) is 4.59. The summed E-state index contributed by atoms with van der Waals surface area (Å²) >= 11 is 0. The van der Waals surface area contributed by atoms with E-state index in [0.29, 0.717) is 53.3 Å². The van der Waals surface area contributed by atoms with Gasteiger partial charge in [0.25, 0.3) is 11.7 Å². The molecule has 4 rings (SSSR count). The van der Waals surface area contributed by atoms with Gasteiger partial charge in [-0.3, -0.25) is 25.5 Å². The molecule has 10 heteroatoms. The van der Waals surface area contributed by atoms with Crippen LogP contribution in [0.5, 0.6) is 5.75 Å². The summed E-state index contributed by atoms with van der Waals surface area (Å²) in [4.78, 5) is 39.3. The number of primary amides is 1. The standard InChI is InChI=1S/C29H31N5O4.ClH/c1-18-14-22(10-11-23(18)29(37)34-13-5-8-24(34)28(32)36)33-26(35)16-21-15-20(27(30)31)9-12-25(21)38-17-19-6-3-2-4-7-19;/h2-4,6-7,9-12,14-15,24H,5,8,13,16-17H2,1H3,(H3,30,31)(H2,32,36)(H,33,35);1H/t24-;/m0./s1. The highest BCUT2D eigenvalue weighted by Gasteiger charge is 2.33. The van der Waals surface area contributed by atoms with Gasteiger partial charge < -0.3 is 33.1 Å². The van der Waals surface area contributed by atoms with Crippen LogP contribution in [0.3, 0.4) is 0 Å². The maximum absolute atomic E-state index is 13.0. The van der Waals surface area contributed by atoms with Crippen LogP contribution in [0.4, 0.5) is 5.69 Å². The van der Waals surface area contributed by atoms with Gasteiger partial charge in [0.2, 0.25) is 11.8 Å². The fourth-order valence-corrected chi connectivity index (χ4v) is 4.59. The molecule has 0 bridgehead atoms. The Bertz CT molecular complexity index is 1380. The minimum atomic E-state index is -0.588. The van der Waals surface area contributed by atoms with E-state index >= 15 is 0 Å². The van der Waals surface area contributed by atoms with Crippen molar-refractivity contribution in [2.45, 2.75) is 38.8 Å². The van der Waals surface area contributed by atoms with Crippen LogP contribution in [0, 0.1) is 6.92 Å². The number of hydrogen-bond acceptors (Lipinski definition) is 4. The van der Waals surface area contributed by atoms with Gasteiger partial charge in [-0.1, -0.05) is 30.3 Å². The Kier molecular flexibility index (Phi) is 9.68. The minimum Gasteiger partial charge on any atom is -1.00 e. The highest BCUT2D eigenvalue weighted by molar-refractivity contribution is 6.00. The summed E-state index contributed by atoms with van der Waals surface area (Å²) < 4.78 is 6.00. The number of anilines is 1. The Hall–Kier alpha value is -4.37. The van der Waals surface area contributed by atoms with Gasteiger partial charge >= 0.3 is 0 Å². The third kappa shape index (κ3) is 7.14. The van der Waals surface area contributed by atoms with Crippen molar-refractivity contribution in [2.75, 3.05) is 11.9 Å². The summed E-state index contributed by atoms with van der Waals surface area (Å²) in [5.74, 6) is -0.305. The second-order valence-electron chi connectivity index (χ2n) is 9.37. The zero-order valence-electron chi connectivity index (χ0n) is 21.7. The second kappa shape index (κ2) is 12.9. The molecular weight excluding hydrogens is 518 g/mol. The van der Waals surface area contributed by atoms with Crippen molar-refractivity contribution >= 4 is 29.2 Å². The molecule has 1 atom stereocenters. The summed E-state index contributed by atoms with van der Waals surface area (Å²) in [6, 6.07) is 19.4. The molecule has 1 aliphatic heterocycles. The Morgan fingerprint density at radius 2 is 1.79 bits per heavy atom. The monoisotopic (exact) mass is 549 g/mol. The van der Waals surface area contributed by atoms with E-state index < -0.39 is 11.9 Å². The SMILES string of the molecule is Cc1cc(NC(=O)Cc2cc(C(N)=[NH2+])ccc2OCc2ccccc2)ccc1C(=O)N1CCC[C@H]1C(N)=O.[Cl-]. The van der Waals surface area contributed by atoms with Gasteiger partial charge in [-0.15, -0.1) is 0 Å². The van der Waals surface area contributed by atoms with E-state index in [2.05, 4.69) is 5.32 Å². The van der Waals surface area contributed by atoms with E-state index in [1.807, 2.05) is 30.3 Å². The molecule has 1 fully saturated rings. The van der Waals surface area contributed by atoms with E-state index in [-0.39, 0.29) is 36.5 Å². The van der Waals surface area contributed by atoms with E-state index in [1.54, 1.807) is 43.3 Å². The largest absolute Gasteiger partial charge is 1.00 e. The number of carbonyl (C=O) groups is 3. The van der Waals surface area contributed by atoms with Crippen LogP contribution in [-0.4, -0.2) is 41.0 Å². The highest BCUT2D eigenvalue weighted by Crippen LogP contribution is 2.25. The molecular formula is C29H32ClN5O4. The van der Waals surface area contributed by atoms with Crippen molar-refractivity contribution in [1.29, 1.82) is 0 Å². The number of nitrogens with one attached hydrogen (secondary N) is 1. The normalized spacial score (nSPS) is 14.3. The van der Waals surface area contributed by atoms with Crippen molar-refractivity contribution in [1.82, 2.24) is 4.90 Å². The fraction of sp³-hybridized carbons (Fsp3) is 0.241. The Balaban J connectivity index is 0.00000420. The van der Waals surface area contributed by atoms with Gasteiger partial charge in [-0.2, -0.15) is 0 Å². The molecule has 3 aromatic rings. The highest BCUT2D eigenvalue weighted by atomic mass is 35.5. The van der Waals surface area contributed by atoms with Gasteiger partial charge in [0, 0.05) is 23.4 Å². The van der Waals surface area contributed by atoms with Crippen LogP contribution in [0.2, 0.25) is 0 Å². The van der Waals surface area contributed by atoms with Crippen LogP contribution in [0.15, 0.2) is 66.7 Å². The maximum Gasteiger partial charge on any atom is 0.270 e. The molecule has 1 saturated heterocycles. The molecule has 1 heterocycles. The maximum atomic E-state index is 13.0. The van der Waals surface area contributed by atoms with E-state index in [4.69, 9.17) is 21.6 Å². The molecule has 0 saturated carbocycles. The summed E-state index contributed by atoms with van der Waals surface area (Å²) in [6.07, 6.45) is 1.33. The van der Waals surface area contributed by atoms with Crippen molar-refractivity contribution < 1.29 is 36.9 Å². The number of nitrogens with zero attached hydrogens (tertiary/aromatic N) is 1. The predicted molar refractivity (Wildman–Crippen MR) is 144 cm³/mol. The van der Waals surface area contributed by atoms with Crippen molar-refractivity contribution in [3.05, 3.63) is 94.5 Å². The average molecular weight is 550 g/mol. The van der Waals surface area contributed by atoms with Gasteiger partial charge in [0.05, 0.1) is 12.0 Å². The number of amides is 3. The molecule has 39 heavy (non-hydrogen) atoms. The summed E-state index contributed by atoms with van der Waals surface area (Å²) in [5.41, 5.74) is 15.2. The quantitative estimate of drug-likeness (QED) is 0.185. The number of hydrogen-bond donors (Lipinski definition) is 4. The molecule has 204 valence electrons. The molecule has 1 aliphatic rings. The number of rotatable bonds is 9. The lowest BCUT2D eigenvalue weighted by atomic mass is 10.0. The molecule has 0 unspecified atom stereocenters. The van der Waals surface area contributed by atoms with Crippen LogP contribution in [0.25, 0.3) is 0 Å². The van der Waals surface area contributed by atoms with Gasteiger partial charge in [0.1, 0.15) is 18.4 Å². The lowest BCUT2D eigenvalue weighted by Gasteiger charge is -2.23. The minimum absolute atomic E-state index is 0. The summed E-state index contributed by atoms with van der Waals surface area (Å²) in [7, 11) is 0. The average Bonchev–Trinajstić information content (AvgIpc) is 3.39. The zero-order chi connectivity index (χ0) is 27.2. The lowest BCUT2D eigenvalue weighted by Crippen LogP contribution is -3.00. The van der Waals surface area contributed by atoms with Crippen LogP contribution >= 0.6 is 0 Å². The molecule has 0 spiro atoms. The molecule has 0 aromatic heterocycles. The number of amidine groups is 1. The van der Waals surface area contributed by atoms with Crippen molar-refractivity contribution in [2.24, 2.45) is 11.5 Å². The number of nitrogens with two attached hydrogens (primary N) is 3. The molecule has 0 radical (unpaired) electrons. The Morgan fingerprint density at radius 3 is 2.46 bits per heavy atom. The van der Waals surface area contributed by atoms with Crippen molar-refractivity contribution in [3.8, 4) is 5.75 Å². The van der Waals surface area contributed by atoms with Gasteiger partial charge in [-0.05, 0) is 67.3 Å². The summed E-state index contributed by atoms with van der Waals surface area (Å²) in [6.45, 7) is 2.62. The number of aryl methyl sites for hydroxylation is 1. The molecule has 9 nitrogen and oxygen atoms in total. The molecule has 0 aliphatic carbocycles. The van der Waals surface area contributed by atoms with Crippen LogP contribution in [-0.2, 0) is 22.6 Å². The molecule has 3 aromatic carbocycles. The Labute approximate surface area is 233 Å². The smallest absolute Gasteiger partial charge is 0.270 e. The first-order chi connectivity index (χ1) is 18.2. The van der Waals surface area contributed by atoms with Gasteiger partial charge in [0.15, 0.2) is 0 Å². The number of ether oxygens (including phenoxy) is 1. The van der Waals surface area contributed by atoms with Crippen LogP contribution in [0.1, 0.15) is 45.5 Å². The molecule has 7 N–H and O–H groups in total. The second-order valence-corrected chi connectivity index (χ2v) is 9.37. The lowest BCUT2D eigenvalue weighted by molar-refractivity contribution is -0.121. The number of likely N-dealkylation sites (tertiary alicyclic amines) is 1. The first-order valence-corrected chi connectivity index (χ1v) is 12.4. The van der Waals surface area contributed by atoms with Gasteiger partial charge in [-0.25, -0.2) is 0 Å². The first-order valence-electron chi connectivity index (χ1n) is 12.4. The van der Waals surface area contributed by atoms with E-state index in [9.17, 15) is 14.4 Å². The predicted octanol–water partition coefficient (Wildman–Crippen LogP) is -1.69. The number of carbonyl (C=O) groups excluding carboxylic acids is 3. The van der Waals surface area contributed by atoms with E-state index in [0.717, 1.165) is 12.0 Å². The number of halogens is 1. The van der Waals surface area contributed by atoms with Crippen molar-refractivity contribution in [3.63, 3.8) is 0 Å². The zero-order valence-corrected chi connectivity index (χ0v) is 22.4. The molecule has 3 amide bonds. The Morgan fingerprint density at radius 1 is 1.05 bits per heavy atom. The third-order valence-corrected chi connectivity index (χ3v) is 6.56. The third-order valence-electron chi connectivity index (χ3n) is 6.56. The number of benzene rings is 3.